The van der Waals surface area contributed by atoms with E-state index in [-0.39, 0.29) is 101 Å². The molecule has 3 rings (SSSR count). The standard InChI is InChI=1S/C12H16N2.C8H10O4.4Co.H2N.3H2O/c1(11-3-7-13-8-4-11)2-12-5-9-14-10-6-12;9-7(10)5-2-1-3-6(4-5)8(11)12;;;;;;;;/h1-4,7,12H,5-6,8-10H2;1-4,7-12H;;;;;4*1H2/q-2;;;;;+2;-1;;;. The molecule has 0 aromatic heterocycles. The maximum absolute atomic E-state index is 8.72. The van der Waals surface area contributed by atoms with Crippen molar-refractivity contribution in [3.8, 4) is 0 Å². The van der Waals surface area contributed by atoms with E-state index in [9.17, 15) is 0 Å². The normalized spacial score (nSPS) is 13.6. The number of benzene rings is 1. The third-order valence-electron chi connectivity index (χ3n) is 4.19. The van der Waals surface area contributed by atoms with Gasteiger partial charge in [0, 0.05) is 61.5 Å². The van der Waals surface area contributed by atoms with E-state index in [4.69, 9.17) is 20.4 Å². The molecule has 34 heavy (non-hydrogen) atoms. The number of nitrogens with zero attached hydrogens (tertiary/aromatic N) is 2. The van der Waals surface area contributed by atoms with Crippen LogP contribution in [0.3, 0.4) is 0 Å². The van der Waals surface area contributed by atoms with Crippen molar-refractivity contribution in [1.82, 2.24) is 0 Å². The number of nitrogens with two attached hydrogens (primary N) is 1. The van der Waals surface area contributed by atoms with Crippen LogP contribution in [0.4, 0.5) is 0 Å². The summed E-state index contributed by atoms with van der Waals surface area (Å²) in [6, 6.07) is 5.80. The molecule has 2 heterocycles. The minimum absolute atomic E-state index is 0. The third-order valence-corrected chi connectivity index (χ3v) is 4.19. The Bertz CT molecular complexity index is 638. The monoisotopic (exact) mass is 664 g/mol. The summed E-state index contributed by atoms with van der Waals surface area (Å²) >= 11 is 0. The molecule has 10 nitrogen and oxygen atoms in total. The number of allylic oxidation sites excluding steroid dienone is 4. The van der Waals surface area contributed by atoms with Gasteiger partial charge in [-0.15, -0.1) is 19.6 Å². The van der Waals surface area contributed by atoms with Crippen LogP contribution < -0.4 is 0 Å². The number of aliphatic hydroxyl groups is 4. The SMILES string of the molecule is C1=CC(C=CC2CC[N-]CC2)=CC[N-]1.O.O.O.OC(O)c1cccc(C(O)O)c1.[Co+2].[Co].[Co].[Co].[NH2-]. The molecule has 0 amide bonds. The summed E-state index contributed by atoms with van der Waals surface area (Å²) in [6.45, 7) is 2.91. The van der Waals surface area contributed by atoms with E-state index in [1.54, 1.807) is 0 Å². The Kier molecular flexibility index (Phi) is 43.5. The van der Waals surface area contributed by atoms with Gasteiger partial charge in [-0.3, -0.25) is 0 Å². The van der Waals surface area contributed by atoms with Crippen LogP contribution in [-0.4, -0.2) is 56.5 Å². The van der Waals surface area contributed by atoms with Crippen LogP contribution in [0.25, 0.3) is 16.8 Å². The molecule has 208 valence electrons. The van der Waals surface area contributed by atoms with Crippen LogP contribution in [0, 0.1) is 5.92 Å². The molecule has 12 N–H and O–H groups in total. The molecule has 1 aromatic rings. The van der Waals surface area contributed by atoms with Crippen molar-refractivity contribution in [3.63, 3.8) is 0 Å². The summed E-state index contributed by atoms with van der Waals surface area (Å²) in [7, 11) is 0. The van der Waals surface area contributed by atoms with Crippen LogP contribution in [0.1, 0.15) is 36.5 Å². The van der Waals surface area contributed by atoms with Crippen molar-refractivity contribution in [3.05, 3.63) is 88.3 Å². The van der Waals surface area contributed by atoms with Crippen molar-refractivity contribution < 1.29 is 104 Å². The van der Waals surface area contributed by atoms with E-state index < -0.39 is 12.6 Å². The summed E-state index contributed by atoms with van der Waals surface area (Å²) in [6.07, 6.45) is 9.94. The van der Waals surface area contributed by atoms with E-state index >= 15 is 0 Å². The Hall–Kier alpha value is -0.0940. The Morgan fingerprint density at radius 2 is 1.38 bits per heavy atom. The summed E-state index contributed by atoms with van der Waals surface area (Å²) in [5.41, 5.74) is 1.77. The Balaban J connectivity index is -0.0000000700. The fourth-order valence-corrected chi connectivity index (χ4v) is 2.64. The largest absolute Gasteiger partial charge is 2.00 e. The fraction of sp³-hybridized carbons (Fsp3) is 0.400. The van der Waals surface area contributed by atoms with Crippen LogP contribution in [0.5, 0.6) is 0 Å². The van der Waals surface area contributed by atoms with Crippen LogP contribution in [0.2, 0.25) is 0 Å². The average Bonchev–Trinajstić information content (AvgIpc) is 2.68. The molecule has 0 saturated carbocycles. The number of hydrogen-bond donors (Lipinski definition) is 4. The van der Waals surface area contributed by atoms with Crippen molar-refractivity contribution >= 4 is 0 Å². The predicted octanol–water partition coefficient (Wildman–Crippen LogP) is 1.04. The minimum Gasteiger partial charge on any atom is -0.693 e. The minimum atomic E-state index is -1.58. The van der Waals surface area contributed by atoms with Crippen molar-refractivity contribution in [2.24, 2.45) is 5.92 Å². The zero-order valence-corrected chi connectivity index (χ0v) is 22.2. The van der Waals surface area contributed by atoms with E-state index in [2.05, 4.69) is 34.9 Å². The second-order valence-corrected chi connectivity index (χ2v) is 6.17. The molecule has 4 radical (unpaired) electrons. The summed E-state index contributed by atoms with van der Waals surface area (Å²) < 4.78 is 0. The molecular weight excluding hydrogens is 630 g/mol. The molecule has 1 aromatic carbocycles. The van der Waals surface area contributed by atoms with E-state index in [1.165, 1.54) is 42.7 Å². The first-order valence-corrected chi connectivity index (χ1v) is 8.73. The van der Waals surface area contributed by atoms with Crippen LogP contribution >= 0.6 is 0 Å². The maximum atomic E-state index is 8.72. The van der Waals surface area contributed by atoms with Gasteiger partial charge < -0.3 is 53.6 Å². The first-order chi connectivity index (χ1) is 12.6. The van der Waals surface area contributed by atoms with Gasteiger partial charge in [-0.25, -0.2) is 0 Å². The van der Waals surface area contributed by atoms with Gasteiger partial charge >= 0.3 is 16.8 Å². The first kappa shape index (κ1) is 50.7. The van der Waals surface area contributed by atoms with Gasteiger partial charge in [0.05, 0.1) is 0 Å². The zero-order chi connectivity index (χ0) is 18.8. The molecule has 2 aliphatic rings. The molecule has 0 spiro atoms. The third kappa shape index (κ3) is 20.1. The zero-order valence-electron chi connectivity index (χ0n) is 18.1. The van der Waals surface area contributed by atoms with E-state index in [0.717, 1.165) is 25.6 Å². The molecule has 0 aliphatic carbocycles. The number of hydrogen-bond acceptors (Lipinski definition) is 4. The quantitative estimate of drug-likeness (QED) is 0.345. The molecule has 1 saturated heterocycles. The molecule has 14 heteroatoms. The number of aliphatic hydroxyl groups excluding tert-OH is 2. The Morgan fingerprint density at radius 1 is 0.882 bits per heavy atom. The number of piperidine rings is 1. The van der Waals surface area contributed by atoms with Gasteiger partial charge in [0.1, 0.15) is 0 Å². The summed E-state index contributed by atoms with van der Waals surface area (Å²) in [4.78, 5) is 0. The Morgan fingerprint density at radius 3 is 1.79 bits per heavy atom. The molecule has 2 aliphatic heterocycles. The molecule has 0 atom stereocenters. The first-order valence-electron chi connectivity index (χ1n) is 8.73. The van der Waals surface area contributed by atoms with Crippen LogP contribution in [0.15, 0.2) is 60.3 Å². The second kappa shape index (κ2) is 29.1. The van der Waals surface area contributed by atoms with Gasteiger partial charge in [-0.1, -0.05) is 55.3 Å². The Labute approximate surface area is 242 Å². The predicted molar refractivity (Wildman–Crippen MR) is 117 cm³/mol. The van der Waals surface area contributed by atoms with Crippen LogP contribution in [-0.2, 0) is 67.1 Å². The second-order valence-electron chi connectivity index (χ2n) is 6.17. The molecular formula is C20H34Co4N3O7-. The van der Waals surface area contributed by atoms with E-state index in [0.29, 0.717) is 0 Å². The summed E-state index contributed by atoms with van der Waals surface area (Å²) in [5.74, 6) is 0.737. The molecule has 1 fully saturated rings. The van der Waals surface area contributed by atoms with Gasteiger partial charge in [-0.2, -0.15) is 6.20 Å². The molecule has 0 unspecified atom stereocenters. The number of rotatable bonds is 4. The molecule has 0 bridgehead atoms. The van der Waals surface area contributed by atoms with Gasteiger partial charge in [-0.05, 0) is 17.6 Å². The smallest absolute Gasteiger partial charge is 0.693 e. The van der Waals surface area contributed by atoms with Gasteiger partial charge in [0.2, 0.25) is 0 Å². The van der Waals surface area contributed by atoms with Crippen molar-refractivity contribution in [2.45, 2.75) is 25.4 Å². The maximum Gasteiger partial charge on any atom is 2.00 e. The summed E-state index contributed by atoms with van der Waals surface area (Å²) in [5, 5.41) is 43.3. The van der Waals surface area contributed by atoms with E-state index in [1.807, 2.05) is 6.20 Å². The van der Waals surface area contributed by atoms with Crippen molar-refractivity contribution in [1.29, 1.82) is 0 Å². The average molecular weight is 664 g/mol. The fourth-order valence-electron chi connectivity index (χ4n) is 2.64. The van der Waals surface area contributed by atoms with Crippen molar-refractivity contribution in [2.75, 3.05) is 19.6 Å². The van der Waals surface area contributed by atoms with Gasteiger partial charge in [0.15, 0.2) is 12.6 Å². The van der Waals surface area contributed by atoms with Gasteiger partial charge in [0.25, 0.3) is 0 Å². The topological polar surface area (TPSA) is 237 Å².